The molecule has 2 aromatic rings. The highest BCUT2D eigenvalue weighted by Gasteiger charge is 2.18. The van der Waals surface area contributed by atoms with Crippen molar-refractivity contribution >= 4 is 5.96 Å². The van der Waals surface area contributed by atoms with E-state index < -0.39 is 0 Å². The summed E-state index contributed by atoms with van der Waals surface area (Å²) in [4.78, 5) is 7.30. The Labute approximate surface area is 181 Å². The van der Waals surface area contributed by atoms with Crippen LogP contribution in [0, 0.1) is 0 Å². The van der Waals surface area contributed by atoms with E-state index in [0.717, 1.165) is 56.8 Å². The minimum Gasteiger partial charge on any atom is -0.357 e. The monoisotopic (exact) mass is 411 g/mol. The van der Waals surface area contributed by atoms with Gasteiger partial charge >= 0.3 is 0 Å². The highest BCUT2D eigenvalue weighted by molar-refractivity contribution is 5.79. The third kappa shape index (κ3) is 5.81. The van der Waals surface area contributed by atoms with E-state index >= 15 is 0 Å². The fourth-order valence-corrected chi connectivity index (χ4v) is 4.14. The van der Waals surface area contributed by atoms with Crippen molar-refractivity contribution in [3.05, 3.63) is 47.5 Å². The van der Waals surface area contributed by atoms with E-state index in [9.17, 15) is 0 Å². The Morgan fingerprint density at radius 1 is 1.07 bits per heavy atom. The van der Waals surface area contributed by atoms with E-state index in [1.165, 1.54) is 24.8 Å². The van der Waals surface area contributed by atoms with Gasteiger partial charge in [0.25, 0.3) is 0 Å². The van der Waals surface area contributed by atoms with Crippen LogP contribution >= 0.6 is 0 Å². The first-order valence-electron chi connectivity index (χ1n) is 11.5. The molecule has 0 fully saturated rings. The third-order valence-corrected chi connectivity index (χ3v) is 5.81. The first kappa shape index (κ1) is 22.3. The van der Waals surface area contributed by atoms with E-state index in [-0.39, 0.29) is 0 Å². The van der Waals surface area contributed by atoms with Crippen LogP contribution < -0.4 is 10.6 Å². The number of hydrogen-bond donors (Lipinski definition) is 2. The average Bonchev–Trinajstić information content (AvgIpc) is 3.01. The van der Waals surface area contributed by atoms with Gasteiger partial charge in [-0.25, -0.2) is 4.99 Å². The van der Waals surface area contributed by atoms with E-state index in [4.69, 9.17) is 4.99 Å². The maximum atomic E-state index is 4.82. The van der Waals surface area contributed by atoms with E-state index in [2.05, 4.69) is 81.4 Å². The van der Waals surface area contributed by atoms with Crippen LogP contribution in [0.4, 0.5) is 0 Å². The average molecular weight is 412 g/mol. The Bertz CT molecular complexity index is 780. The molecule has 1 aromatic heterocycles. The predicted molar refractivity (Wildman–Crippen MR) is 122 cm³/mol. The standard InChI is InChI=1S/C23H37N7/c1-4-24-23(26-18-22-28-27-21-15-11-8-12-16-30(21)22)25-17-20(29(5-2)6-3)19-13-9-7-10-14-19/h7,9-10,13-14,20H,4-6,8,11-12,15-18H2,1-3H3,(H2,24,25,26). The molecule has 1 atom stereocenters. The molecule has 1 unspecified atom stereocenters. The summed E-state index contributed by atoms with van der Waals surface area (Å²) in [6, 6.07) is 11.0. The zero-order chi connectivity index (χ0) is 21.2. The quantitative estimate of drug-likeness (QED) is 0.490. The summed E-state index contributed by atoms with van der Waals surface area (Å²) in [5.41, 5.74) is 1.33. The molecule has 164 valence electrons. The maximum absolute atomic E-state index is 4.82. The Morgan fingerprint density at radius 2 is 1.87 bits per heavy atom. The molecule has 2 heterocycles. The molecule has 1 aliphatic heterocycles. The molecule has 3 rings (SSSR count). The number of guanidine groups is 1. The number of likely N-dealkylation sites (N-methyl/N-ethyl adjacent to an activating group) is 1. The molecule has 0 aliphatic carbocycles. The molecule has 0 amide bonds. The minimum atomic E-state index is 0.300. The summed E-state index contributed by atoms with van der Waals surface area (Å²) in [6.45, 7) is 11.7. The fourth-order valence-electron chi connectivity index (χ4n) is 4.14. The van der Waals surface area contributed by atoms with Gasteiger partial charge in [0.1, 0.15) is 12.4 Å². The van der Waals surface area contributed by atoms with Crippen LogP contribution in [0.2, 0.25) is 0 Å². The number of rotatable bonds is 9. The van der Waals surface area contributed by atoms with Gasteiger partial charge in [-0.15, -0.1) is 10.2 Å². The summed E-state index contributed by atoms with van der Waals surface area (Å²) in [5, 5.41) is 15.8. The number of aryl methyl sites for hydroxylation is 1. The zero-order valence-corrected chi connectivity index (χ0v) is 18.8. The highest BCUT2D eigenvalue weighted by atomic mass is 15.3. The topological polar surface area (TPSA) is 70.4 Å². The Morgan fingerprint density at radius 3 is 2.60 bits per heavy atom. The number of fused-ring (bicyclic) bond motifs is 1. The number of nitrogens with zero attached hydrogens (tertiary/aromatic N) is 5. The molecular formula is C23H37N7. The van der Waals surface area contributed by atoms with Crippen LogP contribution in [-0.2, 0) is 19.5 Å². The number of aromatic nitrogens is 3. The van der Waals surface area contributed by atoms with Crippen LogP contribution in [0.5, 0.6) is 0 Å². The van der Waals surface area contributed by atoms with Crippen molar-refractivity contribution < 1.29 is 0 Å². The van der Waals surface area contributed by atoms with Crippen molar-refractivity contribution in [2.75, 3.05) is 26.2 Å². The molecule has 30 heavy (non-hydrogen) atoms. The van der Waals surface area contributed by atoms with Crippen LogP contribution in [0.25, 0.3) is 0 Å². The van der Waals surface area contributed by atoms with Crippen molar-refractivity contribution in [1.29, 1.82) is 0 Å². The summed E-state index contributed by atoms with van der Waals surface area (Å²) in [7, 11) is 0. The van der Waals surface area contributed by atoms with Crippen LogP contribution in [-0.4, -0.2) is 51.8 Å². The third-order valence-electron chi connectivity index (χ3n) is 5.81. The summed E-state index contributed by atoms with van der Waals surface area (Å²) in [5.74, 6) is 2.91. The molecule has 1 aromatic carbocycles. The summed E-state index contributed by atoms with van der Waals surface area (Å²) >= 11 is 0. The zero-order valence-electron chi connectivity index (χ0n) is 18.8. The van der Waals surface area contributed by atoms with E-state index in [1.54, 1.807) is 0 Å². The SMILES string of the molecule is CCNC(=NCc1nnc2n1CCCCC2)NCC(c1ccccc1)N(CC)CC. The maximum Gasteiger partial charge on any atom is 0.191 e. The lowest BCUT2D eigenvalue weighted by molar-refractivity contribution is 0.219. The van der Waals surface area contributed by atoms with Crippen LogP contribution in [0.15, 0.2) is 35.3 Å². The second-order valence-electron chi connectivity index (χ2n) is 7.72. The number of hydrogen-bond acceptors (Lipinski definition) is 4. The van der Waals surface area contributed by atoms with Crippen LogP contribution in [0.3, 0.4) is 0 Å². The van der Waals surface area contributed by atoms with Gasteiger partial charge < -0.3 is 15.2 Å². The van der Waals surface area contributed by atoms with E-state index in [0.29, 0.717) is 12.6 Å². The predicted octanol–water partition coefficient (Wildman–Crippen LogP) is 3.14. The molecule has 0 radical (unpaired) electrons. The number of benzene rings is 1. The van der Waals surface area contributed by atoms with Gasteiger partial charge in [-0.2, -0.15) is 0 Å². The van der Waals surface area contributed by atoms with Gasteiger partial charge in [0.2, 0.25) is 0 Å². The summed E-state index contributed by atoms with van der Waals surface area (Å²) in [6.07, 6.45) is 4.70. The Balaban J connectivity index is 1.70. The van der Waals surface area contributed by atoms with Gasteiger partial charge in [-0.05, 0) is 38.4 Å². The fraction of sp³-hybridized carbons (Fsp3) is 0.609. The molecular weight excluding hydrogens is 374 g/mol. The van der Waals surface area contributed by atoms with E-state index in [1.807, 2.05) is 0 Å². The Hall–Kier alpha value is -2.41. The number of nitrogens with one attached hydrogen (secondary N) is 2. The second kappa shape index (κ2) is 11.7. The molecule has 2 N–H and O–H groups in total. The normalized spacial score (nSPS) is 15.5. The second-order valence-corrected chi connectivity index (χ2v) is 7.72. The van der Waals surface area contributed by atoms with Crippen molar-refractivity contribution in [3.8, 4) is 0 Å². The molecule has 7 nitrogen and oxygen atoms in total. The van der Waals surface area contributed by atoms with Gasteiger partial charge in [0.05, 0.1) is 6.04 Å². The lowest BCUT2D eigenvalue weighted by Crippen LogP contribution is -2.43. The lowest BCUT2D eigenvalue weighted by atomic mass is 10.1. The van der Waals surface area contributed by atoms with Gasteiger partial charge in [-0.3, -0.25) is 4.90 Å². The molecule has 0 spiro atoms. The summed E-state index contributed by atoms with van der Waals surface area (Å²) < 4.78 is 2.27. The van der Waals surface area contributed by atoms with Gasteiger partial charge in [-0.1, -0.05) is 50.6 Å². The first-order chi connectivity index (χ1) is 14.8. The van der Waals surface area contributed by atoms with Gasteiger partial charge in [0, 0.05) is 26.1 Å². The highest BCUT2D eigenvalue weighted by Crippen LogP contribution is 2.19. The van der Waals surface area contributed by atoms with Gasteiger partial charge in [0.15, 0.2) is 11.8 Å². The smallest absolute Gasteiger partial charge is 0.191 e. The largest absolute Gasteiger partial charge is 0.357 e. The van der Waals surface area contributed by atoms with Crippen molar-refractivity contribution in [2.45, 2.75) is 65.6 Å². The van der Waals surface area contributed by atoms with Crippen LogP contribution in [0.1, 0.15) is 63.3 Å². The molecule has 0 saturated heterocycles. The minimum absolute atomic E-state index is 0.300. The number of aliphatic imine (C=N–C) groups is 1. The Kier molecular flexibility index (Phi) is 8.68. The first-order valence-corrected chi connectivity index (χ1v) is 11.5. The molecule has 7 heteroatoms. The molecule has 1 aliphatic rings. The van der Waals surface area contributed by atoms with Crippen molar-refractivity contribution in [1.82, 2.24) is 30.3 Å². The lowest BCUT2D eigenvalue weighted by Gasteiger charge is -2.30. The molecule has 0 bridgehead atoms. The van der Waals surface area contributed by atoms with Crippen molar-refractivity contribution in [2.24, 2.45) is 4.99 Å². The molecule has 0 saturated carbocycles. The van der Waals surface area contributed by atoms with Crippen molar-refractivity contribution in [3.63, 3.8) is 0 Å².